The molecular formula is C18H21ClN4OS. The van der Waals surface area contributed by atoms with Crippen LogP contribution < -0.4 is 5.43 Å². The average molecular weight is 377 g/mol. The van der Waals surface area contributed by atoms with E-state index in [4.69, 9.17) is 11.6 Å². The number of amides is 1. The van der Waals surface area contributed by atoms with E-state index in [-0.39, 0.29) is 11.3 Å². The minimum absolute atomic E-state index is 0.0281. The number of hydrogen-bond donors (Lipinski definition) is 1. The van der Waals surface area contributed by atoms with Crippen LogP contribution in [0.5, 0.6) is 0 Å². The Bertz CT molecular complexity index is 819. The van der Waals surface area contributed by atoms with Crippen molar-refractivity contribution >= 4 is 40.0 Å². The predicted molar refractivity (Wildman–Crippen MR) is 99.0 cm³/mol. The third-order valence-corrected chi connectivity index (χ3v) is 7.37. The molecule has 0 spiro atoms. The highest BCUT2D eigenvalue weighted by molar-refractivity contribution is 7.15. The van der Waals surface area contributed by atoms with E-state index >= 15 is 0 Å². The summed E-state index contributed by atoms with van der Waals surface area (Å²) in [5, 5.41) is 6.49. The van der Waals surface area contributed by atoms with Crippen LogP contribution in [0.25, 0.3) is 4.96 Å². The van der Waals surface area contributed by atoms with E-state index in [9.17, 15) is 4.79 Å². The van der Waals surface area contributed by atoms with Gasteiger partial charge in [0.2, 0.25) is 5.91 Å². The van der Waals surface area contributed by atoms with Crippen LogP contribution in [0, 0.1) is 23.2 Å². The van der Waals surface area contributed by atoms with Crippen LogP contribution in [0.4, 0.5) is 0 Å². The molecule has 7 heteroatoms. The highest BCUT2D eigenvalue weighted by atomic mass is 35.5. The monoisotopic (exact) mass is 376 g/mol. The predicted octanol–water partition coefficient (Wildman–Crippen LogP) is 4.11. The van der Waals surface area contributed by atoms with Crippen LogP contribution in [0.2, 0.25) is 5.15 Å². The number of hydrazone groups is 1. The molecular weight excluding hydrogens is 356 g/mol. The summed E-state index contributed by atoms with van der Waals surface area (Å²) in [5.41, 5.74) is 3.66. The Morgan fingerprint density at radius 2 is 2.04 bits per heavy atom. The molecule has 132 valence electrons. The summed E-state index contributed by atoms with van der Waals surface area (Å²) >= 11 is 7.66. The van der Waals surface area contributed by atoms with Crippen molar-refractivity contribution in [2.24, 2.45) is 28.3 Å². The minimum Gasteiger partial charge on any atom is -0.288 e. The molecule has 1 N–H and O–H groups in total. The Balaban J connectivity index is 1.25. The number of carbonyl (C=O) groups is 1. The van der Waals surface area contributed by atoms with Gasteiger partial charge in [-0.1, -0.05) is 11.6 Å². The Hall–Kier alpha value is -1.40. The fourth-order valence-electron chi connectivity index (χ4n) is 5.94. The summed E-state index contributed by atoms with van der Waals surface area (Å²) in [6, 6.07) is 0. The summed E-state index contributed by atoms with van der Waals surface area (Å²) in [7, 11) is 0. The molecule has 1 amide bonds. The van der Waals surface area contributed by atoms with E-state index in [1.807, 2.05) is 16.0 Å². The Kier molecular flexibility index (Phi) is 3.68. The van der Waals surface area contributed by atoms with E-state index in [1.165, 1.54) is 49.9 Å². The topological polar surface area (TPSA) is 58.8 Å². The van der Waals surface area contributed by atoms with Gasteiger partial charge in [0.25, 0.3) is 0 Å². The number of halogens is 1. The first kappa shape index (κ1) is 15.8. The Morgan fingerprint density at radius 3 is 2.72 bits per heavy atom. The molecule has 0 unspecified atom stereocenters. The third kappa shape index (κ3) is 2.79. The van der Waals surface area contributed by atoms with Gasteiger partial charge in [-0.25, -0.2) is 10.4 Å². The lowest BCUT2D eigenvalue weighted by molar-refractivity contribution is -0.129. The minimum atomic E-state index is 0.0281. The zero-order valence-corrected chi connectivity index (χ0v) is 15.5. The zero-order chi connectivity index (χ0) is 17.0. The van der Waals surface area contributed by atoms with Gasteiger partial charge in [-0.05, 0) is 61.7 Å². The Morgan fingerprint density at radius 1 is 1.36 bits per heavy atom. The highest BCUT2D eigenvalue weighted by Crippen LogP contribution is 2.61. The van der Waals surface area contributed by atoms with Crippen molar-refractivity contribution in [3.05, 3.63) is 22.4 Å². The lowest BCUT2D eigenvalue weighted by Crippen LogP contribution is -2.47. The number of carbonyl (C=O) groups excluding carboxylic acids is 1. The van der Waals surface area contributed by atoms with E-state index in [2.05, 4.69) is 15.5 Å². The first-order valence-electron chi connectivity index (χ1n) is 9.03. The van der Waals surface area contributed by atoms with E-state index in [0.29, 0.717) is 17.3 Å². The maximum atomic E-state index is 12.5. The zero-order valence-electron chi connectivity index (χ0n) is 13.9. The first-order chi connectivity index (χ1) is 12.1. The quantitative estimate of drug-likeness (QED) is 0.645. The van der Waals surface area contributed by atoms with Crippen molar-refractivity contribution < 1.29 is 4.79 Å². The molecule has 2 heterocycles. The molecule has 2 aromatic heterocycles. The van der Waals surface area contributed by atoms with Crippen molar-refractivity contribution in [2.75, 3.05) is 0 Å². The SMILES string of the molecule is O=C(CC12CC3CC(CC(C3)C1)C2)NN=Cc1c(Cl)nc2sccn12. The van der Waals surface area contributed by atoms with Crippen molar-refractivity contribution in [2.45, 2.75) is 44.9 Å². The van der Waals surface area contributed by atoms with Crippen molar-refractivity contribution in [1.29, 1.82) is 0 Å². The second-order valence-electron chi connectivity index (χ2n) is 8.23. The lowest BCUT2D eigenvalue weighted by Gasteiger charge is -2.56. The molecule has 0 radical (unpaired) electrons. The van der Waals surface area contributed by atoms with Crippen molar-refractivity contribution in [3.8, 4) is 0 Å². The molecule has 0 atom stereocenters. The molecule has 0 saturated heterocycles. The number of thiazole rings is 1. The van der Waals surface area contributed by atoms with Gasteiger partial charge in [0.1, 0.15) is 5.69 Å². The van der Waals surface area contributed by atoms with Crippen LogP contribution >= 0.6 is 22.9 Å². The standard InChI is InChI=1S/C18H21ClN4OS/c19-16-14(23-1-2-25-17(23)21-16)10-20-22-15(24)9-18-6-11-3-12(7-18)5-13(4-11)8-18/h1-2,10-13H,3-9H2,(H,22,24). The fourth-order valence-corrected chi connectivity index (χ4v) is 6.94. The van der Waals surface area contributed by atoms with Gasteiger partial charge in [0, 0.05) is 18.0 Å². The van der Waals surface area contributed by atoms with E-state index in [1.54, 1.807) is 6.21 Å². The maximum absolute atomic E-state index is 12.5. The number of fused-ring (bicyclic) bond motifs is 1. The summed E-state index contributed by atoms with van der Waals surface area (Å²) in [5.74, 6) is 2.61. The average Bonchev–Trinajstić information content (AvgIpc) is 3.07. The van der Waals surface area contributed by atoms with Crippen molar-refractivity contribution in [3.63, 3.8) is 0 Å². The van der Waals surface area contributed by atoms with Gasteiger partial charge >= 0.3 is 0 Å². The lowest BCUT2D eigenvalue weighted by atomic mass is 9.49. The van der Waals surface area contributed by atoms with E-state index < -0.39 is 0 Å². The second-order valence-corrected chi connectivity index (χ2v) is 9.46. The van der Waals surface area contributed by atoms with E-state index in [0.717, 1.165) is 22.7 Å². The van der Waals surface area contributed by atoms with Gasteiger partial charge in [-0.15, -0.1) is 11.3 Å². The smallest absolute Gasteiger partial charge is 0.240 e. The fraction of sp³-hybridized carbons (Fsp3) is 0.611. The second kappa shape index (κ2) is 5.81. The van der Waals surface area contributed by atoms with Crippen LogP contribution in [-0.2, 0) is 4.79 Å². The summed E-state index contributed by atoms with van der Waals surface area (Å²) in [4.78, 5) is 17.6. The molecule has 4 aliphatic carbocycles. The number of imidazole rings is 1. The molecule has 25 heavy (non-hydrogen) atoms. The summed E-state index contributed by atoms with van der Waals surface area (Å²) < 4.78 is 1.88. The molecule has 5 nitrogen and oxygen atoms in total. The molecule has 2 aromatic rings. The van der Waals surface area contributed by atoms with Crippen LogP contribution in [0.15, 0.2) is 16.7 Å². The van der Waals surface area contributed by atoms with Crippen LogP contribution in [0.1, 0.15) is 50.6 Å². The van der Waals surface area contributed by atoms with Gasteiger partial charge < -0.3 is 0 Å². The maximum Gasteiger partial charge on any atom is 0.240 e. The number of nitrogens with one attached hydrogen (secondary N) is 1. The van der Waals surface area contributed by atoms with Gasteiger partial charge in [-0.2, -0.15) is 5.10 Å². The van der Waals surface area contributed by atoms with Crippen molar-refractivity contribution in [1.82, 2.24) is 14.8 Å². The molecule has 6 rings (SSSR count). The molecule has 0 aromatic carbocycles. The van der Waals surface area contributed by atoms with Gasteiger partial charge in [0.05, 0.1) is 6.21 Å². The molecule has 4 bridgehead atoms. The highest BCUT2D eigenvalue weighted by Gasteiger charge is 2.51. The largest absolute Gasteiger partial charge is 0.288 e. The third-order valence-electron chi connectivity index (χ3n) is 6.33. The molecule has 4 aliphatic rings. The van der Waals surface area contributed by atoms with Crippen LogP contribution in [0.3, 0.4) is 0 Å². The van der Waals surface area contributed by atoms with Gasteiger partial charge in [-0.3, -0.25) is 9.20 Å². The molecule has 0 aliphatic heterocycles. The normalized spacial score (nSPS) is 33.6. The number of nitrogens with zero attached hydrogens (tertiary/aromatic N) is 3. The molecule has 4 saturated carbocycles. The summed E-state index contributed by atoms with van der Waals surface area (Å²) in [6.45, 7) is 0. The number of hydrogen-bond acceptors (Lipinski definition) is 4. The van der Waals surface area contributed by atoms with Crippen LogP contribution in [-0.4, -0.2) is 21.5 Å². The Labute approximate surface area is 155 Å². The molecule has 4 fully saturated rings. The number of rotatable bonds is 4. The summed E-state index contributed by atoms with van der Waals surface area (Å²) in [6.07, 6.45) is 12.0. The van der Waals surface area contributed by atoms with Gasteiger partial charge in [0.15, 0.2) is 10.1 Å². The number of aromatic nitrogens is 2. The first-order valence-corrected chi connectivity index (χ1v) is 10.3.